The highest BCUT2D eigenvalue weighted by atomic mass is 32.2. The van der Waals surface area contributed by atoms with Crippen molar-refractivity contribution in [1.29, 1.82) is 0 Å². The normalized spacial score (nSPS) is 15.4. The highest BCUT2D eigenvalue weighted by molar-refractivity contribution is 7.99. The van der Waals surface area contributed by atoms with Crippen LogP contribution in [0.4, 0.5) is 13.2 Å². The summed E-state index contributed by atoms with van der Waals surface area (Å²) in [5, 5.41) is 9.50. The maximum atomic E-state index is 11.8. The maximum Gasteiger partial charge on any atom is 0.389 e. The molecule has 0 aromatic carbocycles. The predicted octanol–water partition coefficient (Wildman–Crippen LogP) is 1.74. The average molecular weight is 246 g/mol. The van der Waals surface area contributed by atoms with Gasteiger partial charge in [-0.2, -0.15) is 24.9 Å². The lowest BCUT2D eigenvalue weighted by Gasteiger charge is -2.26. The van der Waals surface area contributed by atoms with E-state index in [4.69, 9.17) is 0 Å². The molecule has 1 atom stereocenters. The van der Waals surface area contributed by atoms with Crippen molar-refractivity contribution in [3.63, 3.8) is 0 Å². The van der Waals surface area contributed by atoms with Crippen LogP contribution in [0.1, 0.15) is 6.42 Å². The fraction of sp³-hybridized carbons (Fsp3) is 1.00. The molecule has 0 saturated carbocycles. The van der Waals surface area contributed by atoms with E-state index in [1.807, 2.05) is 21.1 Å². The fourth-order valence-corrected chi connectivity index (χ4v) is 2.01. The monoisotopic (exact) mass is 246 g/mol. The van der Waals surface area contributed by atoms with Gasteiger partial charge >= 0.3 is 6.18 Å². The van der Waals surface area contributed by atoms with Crippen LogP contribution in [0.25, 0.3) is 0 Å². The quantitative estimate of drug-likeness (QED) is 0.569. The van der Waals surface area contributed by atoms with Crippen molar-refractivity contribution in [3.8, 4) is 0 Å². The molecule has 0 aromatic heterocycles. The first-order valence-corrected chi connectivity index (χ1v) is 5.89. The molecule has 0 aromatic rings. The summed E-state index contributed by atoms with van der Waals surface area (Å²) in [6.07, 6.45) is -5.41. The van der Waals surface area contributed by atoms with Crippen LogP contribution in [-0.4, -0.2) is 61.1 Å². The highest BCUT2D eigenvalue weighted by Crippen LogP contribution is 2.22. The predicted molar refractivity (Wildman–Crippen MR) is 56.9 cm³/mol. The number of hydrogen-bond donors (Lipinski definition) is 1. The van der Waals surface area contributed by atoms with E-state index in [0.29, 0.717) is 16.8 Å². The van der Waals surface area contributed by atoms with Crippen molar-refractivity contribution in [3.05, 3.63) is 0 Å². The van der Waals surface area contributed by atoms with Crippen molar-refractivity contribution in [2.75, 3.05) is 39.2 Å². The molecule has 15 heavy (non-hydrogen) atoms. The van der Waals surface area contributed by atoms with Crippen LogP contribution < -0.4 is 0 Å². The SMILES string of the molecule is C[N+](C)(C)CC(O)CSCCC(F)(F)F. The van der Waals surface area contributed by atoms with Crippen LogP contribution in [0, 0.1) is 0 Å². The Balaban J connectivity index is 3.52. The lowest BCUT2D eigenvalue weighted by molar-refractivity contribution is -0.873. The van der Waals surface area contributed by atoms with E-state index < -0.39 is 18.7 Å². The molecule has 0 spiro atoms. The number of aliphatic hydroxyl groups is 1. The lowest BCUT2D eigenvalue weighted by atomic mass is 10.3. The Labute approximate surface area is 93.0 Å². The topological polar surface area (TPSA) is 20.2 Å². The van der Waals surface area contributed by atoms with Gasteiger partial charge in [0.25, 0.3) is 0 Å². The number of likely N-dealkylation sites (N-methyl/N-ethyl adjacent to an activating group) is 1. The number of nitrogens with zero attached hydrogens (tertiary/aromatic N) is 1. The van der Waals surface area contributed by atoms with Gasteiger partial charge in [-0.05, 0) is 0 Å². The number of halogens is 3. The smallest absolute Gasteiger partial charge is 0.386 e. The molecule has 2 nitrogen and oxygen atoms in total. The van der Waals surface area contributed by atoms with E-state index in [1.54, 1.807) is 0 Å². The molecule has 1 N–H and O–H groups in total. The van der Waals surface area contributed by atoms with Gasteiger partial charge in [0.2, 0.25) is 0 Å². The molecule has 0 fully saturated rings. The Hall–Kier alpha value is 0.0600. The van der Waals surface area contributed by atoms with E-state index in [-0.39, 0.29) is 5.75 Å². The standard InChI is InChI=1S/C9H19F3NOS/c1-13(2,3)6-8(14)7-15-5-4-9(10,11)12/h8,14H,4-7H2,1-3H3/q+1. The molecule has 0 amide bonds. The molecule has 0 aliphatic carbocycles. The van der Waals surface area contributed by atoms with Gasteiger partial charge in [-0.1, -0.05) is 0 Å². The Bertz CT molecular complexity index is 179. The van der Waals surface area contributed by atoms with E-state index >= 15 is 0 Å². The molecule has 0 aliphatic rings. The third kappa shape index (κ3) is 12.0. The average Bonchev–Trinajstić information content (AvgIpc) is 1.92. The van der Waals surface area contributed by atoms with Gasteiger partial charge in [0.05, 0.1) is 27.6 Å². The molecule has 6 heteroatoms. The van der Waals surface area contributed by atoms with Gasteiger partial charge in [0.15, 0.2) is 0 Å². The van der Waals surface area contributed by atoms with Crippen LogP contribution >= 0.6 is 11.8 Å². The Kier molecular flexibility index (Phi) is 5.98. The van der Waals surface area contributed by atoms with Crippen molar-refractivity contribution in [2.24, 2.45) is 0 Å². The van der Waals surface area contributed by atoms with Crippen molar-refractivity contribution < 1.29 is 22.8 Å². The van der Waals surface area contributed by atoms with Gasteiger partial charge in [0, 0.05) is 11.5 Å². The zero-order valence-corrected chi connectivity index (χ0v) is 10.2. The lowest BCUT2D eigenvalue weighted by Crippen LogP contribution is -2.42. The third-order valence-corrected chi connectivity index (χ3v) is 2.71. The molecule has 0 saturated heterocycles. The second-order valence-electron chi connectivity index (χ2n) is 4.57. The first-order valence-electron chi connectivity index (χ1n) is 4.73. The number of thioether (sulfide) groups is 1. The summed E-state index contributed by atoms with van der Waals surface area (Å²) in [7, 11) is 5.80. The van der Waals surface area contributed by atoms with Gasteiger partial charge in [-0.3, -0.25) is 0 Å². The van der Waals surface area contributed by atoms with E-state index in [9.17, 15) is 18.3 Å². The van der Waals surface area contributed by atoms with Crippen LogP contribution in [0.3, 0.4) is 0 Å². The molecule has 0 aliphatic heterocycles. The number of quaternary nitrogens is 1. The zero-order valence-electron chi connectivity index (χ0n) is 9.34. The Morgan fingerprint density at radius 2 is 1.80 bits per heavy atom. The van der Waals surface area contributed by atoms with Gasteiger partial charge in [0.1, 0.15) is 12.6 Å². The third-order valence-electron chi connectivity index (χ3n) is 1.60. The van der Waals surface area contributed by atoms with E-state index in [2.05, 4.69) is 0 Å². The largest absolute Gasteiger partial charge is 0.389 e. The highest BCUT2D eigenvalue weighted by Gasteiger charge is 2.26. The van der Waals surface area contributed by atoms with Crippen molar-refractivity contribution >= 4 is 11.8 Å². The molecular formula is C9H19F3NOS+. The molecule has 1 unspecified atom stereocenters. The fourth-order valence-electron chi connectivity index (χ4n) is 1.09. The number of aliphatic hydroxyl groups excluding tert-OH is 1. The summed E-state index contributed by atoms with van der Waals surface area (Å²) in [6, 6.07) is 0. The molecule has 92 valence electrons. The van der Waals surface area contributed by atoms with Gasteiger partial charge in [-0.15, -0.1) is 0 Å². The summed E-state index contributed by atoms with van der Waals surface area (Å²) in [5.41, 5.74) is 0. The zero-order chi connectivity index (χ0) is 12.1. The molecule has 0 heterocycles. The summed E-state index contributed by atoms with van der Waals surface area (Å²) in [6.45, 7) is 0.555. The van der Waals surface area contributed by atoms with Gasteiger partial charge in [-0.25, -0.2) is 0 Å². The minimum atomic E-state index is -4.09. The molecular weight excluding hydrogens is 227 g/mol. The maximum absolute atomic E-state index is 11.8. The first kappa shape index (κ1) is 15.1. The van der Waals surface area contributed by atoms with Gasteiger partial charge < -0.3 is 9.59 Å². The van der Waals surface area contributed by atoms with Crippen LogP contribution in [-0.2, 0) is 0 Å². The first-order chi connectivity index (χ1) is 6.60. The minimum Gasteiger partial charge on any atom is -0.386 e. The summed E-state index contributed by atoms with van der Waals surface area (Å²) in [5.74, 6) is 0.392. The Morgan fingerprint density at radius 1 is 1.27 bits per heavy atom. The summed E-state index contributed by atoms with van der Waals surface area (Å²) < 4.78 is 35.9. The van der Waals surface area contributed by atoms with Crippen molar-refractivity contribution in [1.82, 2.24) is 0 Å². The second-order valence-corrected chi connectivity index (χ2v) is 5.72. The second kappa shape index (κ2) is 5.96. The van der Waals surface area contributed by atoms with Crippen LogP contribution in [0.2, 0.25) is 0 Å². The minimum absolute atomic E-state index is 0.0255. The van der Waals surface area contributed by atoms with E-state index in [1.165, 1.54) is 0 Å². The number of rotatable bonds is 6. The Morgan fingerprint density at radius 3 is 2.20 bits per heavy atom. The van der Waals surface area contributed by atoms with Crippen LogP contribution in [0.15, 0.2) is 0 Å². The van der Waals surface area contributed by atoms with Crippen LogP contribution in [0.5, 0.6) is 0 Å². The summed E-state index contributed by atoms with van der Waals surface area (Å²) in [4.78, 5) is 0. The summed E-state index contributed by atoms with van der Waals surface area (Å²) >= 11 is 1.15. The molecule has 0 radical (unpaired) electrons. The number of hydrogen-bond acceptors (Lipinski definition) is 2. The molecule has 0 bridgehead atoms. The van der Waals surface area contributed by atoms with Crippen molar-refractivity contribution in [2.45, 2.75) is 18.7 Å². The molecule has 0 rings (SSSR count). The number of alkyl halides is 3. The van der Waals surface area contributed by atoms with E-state index in [0.717, 1.165) is 11.8 Å².